The van der Waals surface area contributed by atoms with Gasteiger partial charge in [-0.05, 0) is 45.1 Å². The number of thiophene rings is 1. The number of nitro groups is 1. The number of hydrogen-bond acceptors (Lipinski definition) is 8. The number of non-ortho nitro benzene ring substituents is 1. The Morgan fingerprint density at radius 2 is 2.07 bits per heavy atom. The van der Waals surface area contributed by atoms with Gasteiger partial charge >= 0.3 is 5.97 Å². The van der Waals surface area contributed by atoms with E-state index in [1.165, 1.54) is 29.7 Å². The molecule has 9 heteroatoms. The van der Waals surface area contributed by atoms with Gasteiger partial charge in [-0.1, -0.05) is 0 Å². The summed E-state index contributed by atoms with van der Waals surface area (Å²) in [4.78, 5) is 28.7. The molecule has 0 amide bonds. The Hall–Kier alpha value is -2.94. The van der Waals surface area contributed by atoms with Gasteiger partial charge in [0.15, 0.2) is 11.5 Å². The van der Waals surface area contributed by atoms with Crippen molar-refractivity contribution in [2.45, 2.75) is 39.5 Å². The maximum Gasteiger partial charge on any atom is 0.341 e. The van der Waals surface area contributed by atoms with Crippen LogP contribution in [-0.4, -0.2) is 35.4 Å². The van der Waals surface area contributed by atoms with Crippen LogP contribution >= 0.6 is 11.3 Å². The molecule has 0 unspecified atom stereocenters. The second-order valence-corrected chi connectivity index (χ2v) is 7.53. The van der Waals surface area contributed by atoms with Crippen LogP contribution in [0.4, 0.5) is 10.7 Å². The van der Waals surface area contributed by atoms with Crippen LogP contribution in [-0.2, 0) is 17.6 Å². The van der Waals surface area contributed by atoms with Crippen LogP contribution in [0.15, 0.2) is 17.1 Å². The Morgan fingerprint density at radius 3 is 2.76 bits per heavy atom. The predicted octanol–water partition coefficient (Wildman–Crippen LogP) is 4.57. The third-order valence-electron chi connectivity index (χ3n) is 4.55. The van der Waals surface area contributed by atoms with Crippen molar-refractivity contribution in [3.8, 4) is 11.5 Å². The highest BCUT2D eigenvalue weighted by Gasteiger charge is 2.26. The summed E-state index contributed by atoms with van der Waals surface area (Å²) >= 11 is 1.42. The molecule has 0 spiro atoms. The minimum absolute atomic E-state index is 0.0132. The Balaban J connectivity index is 2.05. The van der Waals surface area contributed by atoms with Crippen LogP contribution in [0.25, 0.3) is 0 Å². The summed E-state index contributed by atoms with van der Waals surface area (Å²) < 4.78 is 10.5. The number of esters is 1. The molecule has 1 aromatic heterocycles. The molecule has 0 saturated heterocycles. The van der Waals surface area contributed by atoms with Crippen LogP contribution in [0.3, 0.4) is 0 Å². The summed E-state index contributed by atoms with van der Waals surface area (Å²) in [7, 11) is 0. The number of hydrogen-bond donors (Lipinski definition) is 1. The number of ether oxygens (including phenoxy) is 2. The quantitative estimate of drug-likeness (QED) is 0.305. The standard InChI is InChI=1S/C20H22N2O6S/c1-3-27-15-10-13(22(25)26)9-12(18(15)23)11-21-19-17(20(24)28-4-2)14-7-5-6-8-16(14)29-19/h9-11,23H,3-8H2,1-2H3/b21-11+. The number of nitrogens with zero attached hydrogens (tertiary/aromatic N) is 2. The summed E-state index contributed by atoms with van der Waals surface area (Å²) in [5, 5.41) is 22.1. The lowest BCUT2D eigenvalue weighted by atomic mass is 9.95. The molecule has 0 fully saturated rings. The van der Waals surface area contributed by atoms with E-state index in [0.717, 1.165) is 36.1 Å². The fraction of sp³-hybridized carbons (Fsp3) is 0.400. The average molecular weight is 418 g/mol. The zero-order valence-corrected chi connectivity index (χ0v) is 17.1. The van der Waals surface area contributed by atoms with Crippen molar-refractivity contribution in [1.29, 1.82) is 0 Å². The Morgan fingerprint density at radius 1 is 1.31 bits per heavy atom. The third-order valence-corrected chi connectivity index (χ3v) is 5.75. The van der Waals surface area contributed by atoms with Crippen molar-refractivity contribution in [2.24, 2.45) is 4.99 Å². The first-order chi connectivity index (χ1) is 14.0. The van der Waals surface area contributed by atoms with E-state index < -0.39 is 10.9 Å². The number of phenolic OH excluding ortho intramolecular Hbond substituents is 1. The number of benzene rings is 1. The van der Waals surface area contributed by atoms with Crippen molar-refractivity contribution in [3.05, 3.63) is 43.8 Å². The number of aromatic hydroxyl groups is 1. The lowest BCUT2D eigenvalue weighted by Gasteiger charge is -2.11. The molecule has 154 valence electrons. The molecule has 1 aromatic carbocycles. The van der Waals surface area contributed by atoms with Crippen LogP contribution in [0, 0.1) is 10.1 Å². The largest absolute Gasteiger partial charge is 0.504 e. The predicted molar refractivity (Wildman–Crippen MR) is 110 cm³/mol. The van der Waals surface area contributed by atoms with Gasteiger partial charge in [0.05, 0.1) is 29.8 Å². The van der Waals surface area contributed by atoms with Crippen LogP contribution < -0.4 is 4.74 Å². The average Bonchev–Trinajstić information content (AvgIpc) is 3.07. The molecule has 3 rings (SSSR count). The SMILES string of the molecule is CCOC(=O)c1c(/N=C/c2cc([N+](=O)[O-])cc(OCC)c2O)sc2c1CCCC2. The summed E-state index contributed by atoms with van der Waals surface area (Å²) in [6.07, 6.45) is 5.07. The van der Waals surface area contributed by atoms with Crippen molar-refractivity contribution < 1.29 is 24.3 Å². The van der Waals surface area contributed by atoms with Gasteiger partial charge in [-0.3, -0.25) is 10.1 Å². The van der Waals surface area contributed by atoms with E-state index in [9.17, 15) is 20.0 Å². The normalized spacial score (nSPS) is 13.3. The molecule has 1 aliphatic carbocycles. The molecular weight excluding hydrogens is 396 g/mol. The molecule has 1 N–H and O–H groups in total. The first kappa shape index (κ1) is 20.8. The van der Waals surface area contributed by atoms with Gasteiger partial charge in [0.1, 0.15) is 5.00 Å². The smallest absolute Gasteiger partial charge is 0.341 e. The number of fused-ring (bicyclic) bond motifs is 1. The third kappa shape index (κ3) is 4.40. The number of aliphatic imine (C=N–C) groups is 1. The van der Waals surface area contributed by atoms with E-state index in [-0.39, 0.29) is 36.0 Å². The molecule has 0 saturated carbocycles. The number of carbonyl (C=O) groups is 1. The van der Waals surface area contributed by atoms with Gasteiger partial charge in [-0.15, -0.1) is 11.3 Å². The van der Waals surface area contributed by atoms with Crippen molar-refractivity contribution in [1.82, 2.24) is 0 Å². The van der Waals surface area contributed by atoms with E-state index in [4.69, 9.17) is 9.47 Å². The highest BCUT2D eigenvalue weighted by Crippen LogP contribution is 2.41. The summed E-state index contributed by atoms with van der Waals surface area (Å²) in [6.45, 7) is 3.97. The monoisotopic (exact) mass is 418 g/mol. The number of phenols is 1. The van der Waals surface area contributed by atoms with Crippen LogP contribution in [0.2, 0.25) is 0 Å². The molecular formula is C20H22N2O6S. The minimum atomic E-state index is -0.562. The minimum Gasteiger partial charge on any atom is -0.504 e. The molecule has 1 aliphatic rings. The van der Waals surface area contributed by atoms with Gasteiger partial charge in [0.2, 0.25) is 0 Å². The van der Waals surface area contributed by atoms with E-state index in [2.05, 4.69) is 4.99 Å². The first-order valence-corrected chi connectivity index (χ1v) is 10.3. The second kappa shape index (κ2) is 9.04. The lowest BCUT2D eigenvalue weighted by Crippen LogP contribution is -2.09. The molecule has 2 aromatic rings. The van der Waals surface area contributed by atoms with Crippen LogP contribution in [0.5, 0.6) is 11.5 Å². The molecule has 0 atom stereocenters. The highest BCUT2D eigenvalue weighted by atomic mass is 32.1. The van der Waals surface area contributed by atoms with Crippen LogP contribution in [0.1, 0.15) is 53.1 Å². The number of carbonyl (C=O) groups excluding carboxylic acids is 1. The van der Waals surface area contributed by atoms with E-state index in [1.807, 2.05) is 0 Å². The summed E-state index contributed by atoms with van der Waals surface area (Å²) in [5.74, 6) is -0.642. The molecule has 29 heavy (non-hydrogen) atoms. The maximum absolute atomic E-state index is 12.5. The van der Waals surface area contributed by atoms with Gasteiger partial charge < -0.3 is 14.6 Å². The Bertz CT molecular complexity index is 966. The van der Waals surface area contributed by atoms with Gasteiger partial charge in [-0.2, -0.15) is 0 Å². The Labute approximate surface area is 172 Å². The number of rotatable bonds is 7. The first-order valence-electron chi connectivity index (χ1n) is 9.46. The molecule has 0 radical (unpaired) electrons. The Kier molecular flexibility index (Phi) is 6.48. The topological polar surface area (TPSA) is 111 Å². The van der Waals surface area contributed by atoms with Crippen molar-refractivity contribution >= 4 is 34.2 Å². The molecule has 0 bridgehead atoms. The highest BCUT2D eigenvalue weighted by molar-refractivity contribution is 7.16. The molecule has 8 nitrogen and oxygen atoms in total. The number of aryl methyl sites for hydroxylation is 1. The van der Waals surface area contributed by atoms with Crippen molar-refractivity contribution in [2.75, 3.05) is 13.2 Å². The van der Waals surface area contributed by atoms with Gasteiger partial charge in [-0.25, -0.2) is 9.79 Å². The van der Waals surface area contributed by atoms with E-state index in [0.29, 0.717) is 10.6 Å². The van der Waals surface area contributed by atoms with E-state index in [1.54, 1.807) is 13.8 Å². The summed E-state index contributed by atoms with van der Waals surface area (Å²) in [6, 6.07) is 2.39. The zero-order chi connectivity index (χ0) is 21.0. The molecule has 0 aliphatic heterocycles. The molecule has 1 heterocycles. The van der Waals surface area contributed by atoms with E-state index >= 15 is 0 Å². The number of nitro benzene ring substituents is 1. The summed E-state index contributed by atoms with van der Waals surface area (Å²) in [5.41, 5.74) is 1.36. The fourth-order valence-electron chi connectivity index (χ4n) is 3.27. The van der Waals surface area contributed by atoms with Gasteiger partial charge in [0.25, 0.3) is 5.69 Å². The maximum atomic E-state index is 12.5. The zero-order valence-electron chi connectivity index (χ0n) is 16.3. The fourth-order valence-corrected chi connectivity index (χ4v) is 4.49. The lowest BCUT2D eigenvalue weighted by molar-refractivity contribution is -0.385. The van der Waals surface area contributed by atoms with Crippen molar-refractivity contribution in [3.63, 3.8) is 0 Å². The van der Waals surface area contributed by atoms with Gasteiger partial charge in [0, 0.05) is 22.7 Å². The second-order valence-electron chi connectivity index (χ2n) is 6.44.